The van der Waals surface area contributed by atoms with Gasteiger partial charge in [0.05, 0.1) is 14.2 Å². The van der Waals surface area contributed by atoms with Crippen LogP contribution in [0.1, 0.15) is 17.2 Å². The van der Waals surface area contributed by atoms with E-state index in [1.807, 2.05) is 41.1 Å². The topological polar surface area (TPSA) is 61.2 Å². The van der Waals surface area contributed by atoms with Crippen molar-refractivity contribution in [3.8, 4) is 11.5 Å². The number of fused-ring (bicyclic) bond motifs is 1. The molecule has 4 rings (SSSR count). The average Bonchev–Trinajstić information content (AvgIpc) is 3.16. The van der Waals surface area contributed by atoms with Crippen LogP contribution in [0.15, 0.2) is 60.9 Å². The quantitative estimate of drug-likeness (QED) is 0.793. The number of hydrogen-bond acceptors (Lipinski definition) is 5. The zero-order chi connectivity index (χ0) is 17.2. The third kappa shape index (κ3) is 2.71. The molecule has 0 fully saturated rings. The molecule has 126 valence electrons. The Labute approximate surface area is 145 Å². The Balaban J connectivity index is 1.84. The average molecular weight is 334 g/mol. The first-order valence-corrected chi connectivity index (χ1v) is 7.96. The van der Waals surface area contributed by atoms with Crippen LogP contribution in [-0.2, 0) is 0 Å². The van der Waals surface area contributed by atoms with Crippen LogP contribution in [0, 0.1) is 0 Å². The second kappa shape index (κ2) is 6.32. The van der Waals surface area contributed by atoms with E-state index in [9.17, 15) is 0 Å². The molecule has 1 aromatic heterocycles. The monoisotopic (exact) mass is 334 g/mol. The van der Waals surface area contributed by atoms with Gasteiger partial charge in [0.25, 0.3) is 0 Å². The molecular formula is C19H18N4O2. The minimum atomic E-state index is -0.130. The van der Waals surface area contributed by atoms with E-state index in [1.54, 1.807) is 20.5 Å². The first kappa shape index (κ1) is 15.3. The van der Waals surface area contributed by atoms with E-state index in [0.717, 1.165) is 28.3 Å². The van der Waals surface area contributed by atoms with Crippen LogP contribution in [0.4, 0.5) is 5.95 Å². The minimum Gasteiger partial charge on any atom is -0.497 e. The summed E-state index contributed by atoms with van der Waals surface area (Å²) >= 11 is 0. The van der Waals surface area contributed by atoms with E-state index in [0.29, 0.717) is 5.95 Å². The van der Waals surface area contributed by atoms with E-state index < -0.39 is 0 Å². The minimum absolute atomic E-state index is 0.130. The van der Waals surface area contributed by atoms with Gasteiger partial charge < -0.3 is 14.8 Å². The van der Waals surface area contributed by atoms with E-state index in [-0.39, 0.29) is 6.04 Å². The fraction of sp³-hybridized carbons (Fsp3) is 0.158. The van der Waals surface area contributed by atoms with Gasteiger partial charge in [-0.1, -0.05) is 30.3 Å². The van der Waals surface area contributed by atoms with Crippen molar-refractivity contribution in [1.82, 2.24) is 14.8 Å². The smallest absolute Gasteiger partial charge is 0.226 e. The summed E-state index contributed by atoms with van der Waals surface area (Å²) in [5, 5.41) is 7.71. The van der Waals surface area contributed by atoms with Crippen molar-refractivity contribution in [3.05, 3.63) is 72.1 Å². The van der Waals surface area contributed by atoms with Crippen LogP contribution in [0.5, 0.6) is 11.5 Å². The molecule has 0 aliphatic carbocycles. The molecule has 2 aromatic carbocycles. The number of nitrogens with one attached hydrogen (secondary N) is 1. The van der Waals surface area contributed by atoms with Crippen molar-refractivity contribution in [1.29, 1.82) is 0 Å². The van der Waals surface area contributed by atoms with Crippen molar-refractivity contribution in [2.45, 2.75) is 6.04 Å². The van der Waals surface area contributed by atoms with Crippen molar-refractivity contribution in [3.63, 3.8) is 0 Å². The van der Waals surface area contributed by atoms with E-state index >= 15 is 0 Å². The van der Waals surface area contributed by atoms with Crippen LogP contribution in [-0.4, -0.2) is 29.0 Å². The molecule has 0 radical (unpaired) electrons. The van der Waals surface area contributed by atoms with E-state index in [1.165, 1.54) is 0 Å². The summed E-state index contributed by atoms with van der Waals surface area (Å²) in [6.07, 6.45) is 3.68. The van der Waals surface area contributed by atoms with Gasteiger partial charge in [0.1, 0.15) is 23.9 Å². The number of nitrogens with zero attached hydrogens (tertiary/aromatic N) is 3. The highest BCUT2D eigenvalue weighted by molar-refractivity contribution is 5.77. The molecule has 0 saturated heterocycles. The summed E-state index contributed by atoms with van der Waals surface area (Å²) in [5.74, 6) is 2.20. The Morgan fingerprint density at radius 3 is 2.64 bits per heavy atom. The highest BCUT2D eigenvalue weighted by Gasteiger charge is 2.25. The lowest BCUT2D eigenvalue weighted by atomic mass is 10.0. The van der Waals surface area contributed by atoms with Gasteiger partial charge in [-0.25, -0.2) is 4.68 Å². The Kier molecular flexibility index (Phi) is 3.85. The third-order valence-electron chi connectivity index (χ3n) is 4.25. The van der Waals surface area contributed by atoms with Gasteiger partial charge in [-0.05, 0) is 23.8 Å². The lowest BCUT2D eigenvalue weighted by molar-refractivity contribution is 0.387. The lowest BCUT2D eigenvalue weighted by Crippen LogP contribution is -2.20. The maximum atomic E-state index is 5.58. The maximum Gasteiger partial charge on any atom is 0.226 e. The predicted octanol–water partition coefficient (Wildman–Crippen LogP) is 3.35. The molecule has 1 atom stereocenters. The zero-order valence-electron chi connectivity index (χ0n) is 14.0. The molecule has 0 saturated carbocycles. The molecule has 3 aromatic rings. The van der Waals surface area contributed by atoms with Crippen molar-refractivity contribution >= 4 is 11.6 Å². The molecule has 25 heavy (non-hydrogen) atoms. The molecule has 0 unspecified atom stereocenters. The molecule has 0 amide bonds. The summed E-state index contributed by atoms with van der Waals surface area (Å²) in [4.78, 5) is 4.33. The standard InChI is InChI=1S/C19H18N4O2/c1-24-14-8-9-15(18(10-14)25-2)17-11-16(13-6-4-3-5-7-13)22-19-20-12-21-23(17)19/h3-12,17H,1-2H3,(H,20,21,22)/t17-/m0/s1. The Morgan fingerprint density at radius 2 is 1.88 bits per heavy atom. The summed E-state index contributed by atoms with van der Waals surface area (Å²) in [6.45, 7) is 0. The summed E-state index contributed by atoms with van der Waals surface area (Å²) < 4.78 is 12.7. The van der Waals surface area contributed by atoms with E-state index in [2.05, 4.69) is 33.6 Å². The number of allylic oxidation sites excluding steroid dienone is 1. The first-order chi connectivity index (χ1) is 12.3. The SMILES string of the molecule is COc1ccc([C@@H]2C=C(c3ccccc3)Nc3ncnn32)c(OC)c1. The number of rotatable bonds is 4. The van der Waals surface area contributed by atoms with Gasteiger partial charge >= 0.3 is 0 Å². The number of hydrogen-bond donors (Lipinski definition) is 1. The summed E-state index contributed by atoms with van der Waals surface area (Å²) in [5.41, 5.74) is 3.07. The van der Waals surface area contributed by atoms with Gasteiger partial charge in [0.2, 0.25) is 5.95 Å². The van der Waals surface area contributed by atoms with Crippen LogP contribution in [0.25, 0.3) is 5.70 Å². The van der Waals surface area contributed by atoms with E-state index in [4.69, 9.17) is 9.47 Å². The zero-order valence-corrected chi connectivity index (χ0v) is 14.0. The molecule has 6 heteroatoms. The largest absolute Gasteiger partial charge is 0.497 e. The van der Waals surface area contributed by atoms with Crippen LogP contribution < -0.4 is 14.8 Å². The Hall–Kier alpha value is -3.28. The fourth-order valence-corrected chi connectivity index (χ4v) is 3.00. The molecule has 6 nitrogen and oxygen atoms in total. The number of anilines is 1. The molecule has 1 aliphatic rings. The first-order valence-electron chi connectivity index (χ1n) is 7.96. The number of benzene rings is 2. The van der Waals surface area contributed by atoms with Gasteiger partial charge in [-0.2, -0.15) is 10.1 Å². The Bertz CT molecular complexity index is 918. The second-order valence-electron chi connectivity index (χ2n) is 5.65. The van der Waals surface area contributed by atoms with Crippen molar-refractivity contribution in [2.24, 2.45) is 0 Å². The predicted molar refractivity (Wildman–Crippen MR) is 95.7 cm³/mol. The molecule has 0 spiro atoms. The van der Waals surface area contributed by atoms with Crippen LogP contribution in [0.2, 0.25) is 0 Å². The van der Waals surface area contributed by atoms with Crippen molar-refractivity contribution in [2.75, 3.05) is 19.5 Å². The number of aromatic nitrogens is 3. The Morgan fingerprint density at radius 1 is 1.04 bits per heavy atom. The van der Waals surface area contributed by atoms with Gasteiger partial charge in [0, 0.05) is 17.3 Å². The van der Waals surface area contributed by atoms with Crippen LogP contribution in [0.3, 0.4) is 0 Å². The second-order valence-corrected chi connectivity index (χ2v) is 5.65. The van der Waals surface area contributed by atoms with Gasteiger partial charge in [-0.15, -0.1) is 0 Å². The van der Waals surface area contributed by atoms with Gasteiger partial charge in [0.15, 0.2) is 0 Å². The molecule has 0 bridgehead atoms. The maximum absolute atomic E-state index is 5.58. The highest BCUT2D eigenvalue weighted by Crippen LogP contribution is 2.37. The van der Waals surface area contributed by atoms with Crippen LogP contribution >= 0.6 is 0 Å². The third-order valence-corrected chi connectivity index (χ3v) is 4.25. The number of ether oxygens (including phenoxy) is 2. The molecule has 2 heterocycles. The summed E-state index contributed by atoms with van der Waals surface area (Å²) in [6, 6.07) is 15.8. The fourth-order valence-electron chi connectivity index (χ4n) is 3.00. The highest BCUT2D eigenvalue weighted by atomic mass is 16.5. The summed E-state index contributed by atoms with van der Waals surface area (Å²) in [7, 11) is 3.30. The van der Waals surface area contributed by atoms with Gasteiger partial charge in [-0.3, -0.25) is 0 Å². The normalized spacial score (nSPS) is 15.8. The van der Waals surface area contributed by atoms with Crippen molar-refractivity contribution < 1.29 is 9.47 Å². The number of methoxy groups -OCH3 is 2. The molecule has 1 aliphatic heterocycles. The lowest BCUT2D eigenvalue weighted by Gasteiger charge is -2.25. The molecular weight excluding hydrogens is 316 g/mol. The molecule has 1 N–H and O–H groups in total.